The molecule has 98 heavy (non-hydrogen) atoms. The Morgan fingerprint density at radius 2 is 0.847 bits per heavy atom. The third-order valence-electron chi connectivity index (χ3n) is 24.3. The molecule has 0 unspecified atom stereocenters. The Kier molecular flexibility index (Phi) is 24.7. The van der Waals surface area contributed by atoms with E-state index in [-0.39, 0.29) is 65.0 Å². The molecule has 0 aromatic carbocycles. The van der Waals surface area contributed by atoms with Gasteiger partial charge in [-0.25, -0.2) is 0 Å². The van der Waals surface area contributed by atoms with Gasteiger partial charge in [-0.2, -0.15) is 0 Å². The highest BCUT2D eigenvalue weighted by Crippen LogP contribution is 2.71. The van der Waals surface area contributed by atoms with E-state index in [0.717, 1.165) is 12.8 Å². The summed E-state index contributed by atoms with van der Waals surface area (Å²) >= 11 is 0. The molecule has 43 atom stereocenters. The van der Waals surface area contributed by atoms with Crippen LogP contribution in [-0.2, 0) is 61.6 Å². The molecule has 0 aromatic rings. The zero-order valence-corrected chi connectivity index (χ0v) is 55.1. The van der Waals surface area contributed by atoms with Gasteiger partial charge in [0.1, 0.15) is 146 Å². The molecule has 11 aliphatic rings. The van der Waals surface area contributed by atoms with Gasteiger partial charge >= 0.3 is 0 Å². The van der Waals surface area contributed by atoms with Crippen LogP contribution in [0.5, 0.6) is 0 Å². The molecule has 4 saturated carbocycles. The van der Waals surface area contributed by atoms with Crippen molar-refractivity contribution in [1.82, 2.24) is 0 Å². The van der Waals surface area contributed by atoms with Gasteiger partial charge in [0.2, 0.25) is 0 Å². The molecule has 0 bridgehead atoms. The van der Waals surface area contributed by atoms with E-state index >= 15 is 0 Å². The minimum atomic E-state index is -2.26. The molecular formula is C63H106O35. The smallest absolute Gasteiger partial charge is 0.187 e. The molecule has 0 amide bonds. The second kappa shape index (κ2) is 31.2. The van der Waals surface area contributed by atoms with Gasteiger partial charge in [-0.15, -0.1) is 0 Å². The Bertz CT molecular complexity index is 2550. The average Bonchev–Trinajstić information content (AvgIpc) is 1.48. The van der Waals surface area contributed by atoms with Crippen LogP contribution in [-0.4, -0.2) is 367 Å². The van der Waals surface area contributed by atoms with Crippen molar-refractivity contribution in [1.29, 1.82) is 0 Å². The first kappa shape index (κ1) is 77.7. The average molecular weight is 1420 g/mol. The third kappa shape index (κ3) is 14.3. The summed E-state index contributed by atoms with van der Waals surface area (Å²) in [5.41, 5.74) is -0.583. The van der Waals surface area contributed by atoms with Crippen LogP contribution in [0.1, 0.15) is 85.5 Å². The van der Waals surface area contributed by atoms with Crippen molar-refractivity contribution in [2.45, 2.75) is 294 Å². The third-order valence-corrected chi connectivity index (χ3v) is 24.3. The van der Waals surface area contributed by atoms with Gasteiger partial charge < -0.3 is 174 Å². The van der Waals surface area contributed by atoms with Crippen molar-refractivity contribution in [3.05, 3.63) is 0 Å². The first-order valence-corrected chi connectivity index (χ1v) is 34.5. The molecule has 11 fully saturated rings. The van der Waals surface area contributed by atoms with Gasteiger partial charge in [-0.1, -0.05) is 27.7 Å². The summed E-state index contributed by atoms with van der Waals surface area (Å²) in [4.78, 5) is 0. The monoisotopic (exact) mass is 1420 g/mol. The summed E-state index contributed by atoms with van der Waals surface area (Å²) in [5.74, 6) is -1.57. The molecule has 0 aromatic heterocycles. The zero-order chi connectivity index (χ0) is 71.1. The van der Waals surface area contributed by atoms with Gasteiger partial charge in [-0.05, 0) is 97.7 Å². The highest BCUT2D eigenvalue weighted by Gasteiger charge is 2.70. The Balaban J connectivity index is 0.752. The molecular weight excluding hydrogens is 1320 g/mol. The van der Waals surface area contributed by atoms with E-state index in [1.54, 1.807) is 0 Å². The van der Waals surface area contributed by atoms with E-state index in [2.05, 4.69) is 13.8 Å². The lowest BCUT2D eigenvalue weighted by Gasteiger charge is -2.62. The maximum atomic E-state index is 12.3. The number of hydrogen-bond acceptors (Lipinski definition) is 35. The highest BCUT2D eigenvalue weighted by molar-refractivity contribution is 5.16. The number of aliphatic hydroxyl groups is 22. The van der Waals surface area contributed by atoms with Crippen molar-refractivity contribution in [2.24, 2.45) is 52.3 Å². The normalized spacial score (nSPS) is 55.5. The summed E-state index contributed by atoms with van der Waals surface area (Å²) in [7, 11) is 0. The summed E-state index contributed by atoms with van der Waals surface area (Å²) < 4.78 is 77.8. The SMILES string of the molecule is C[C@H](CC[C@@]1(O)O[C@@H]2C[C@@H]3[C@@H]4C[C@H](O)[C@H]5C[C@@H](O[C@H]6O[C@@H](CO)[C@H](O[C@H]7O[C@@H](CO)[C@H](O)[C@@H](O[C@H]8O[C@@H](CO)[C@H](O)[C@@H](O)[C@@H]8O)[C@@H]7O[C@H]7O[C@@H](CO)[C@H](O)[C@@H](O[C@H]8O[C@@H](CO)[C@H](O)[C@@H](O)[C@@H]8O)[C@@H]7O)[C@@H](O)[C@@H]6O)CC[C@]5(C)[C@@H]4CC[C@@]3(C)[C@@H]2[C@H]1C)CO[C@H]1O[C@@H](CO)[C@H](O)[C@@H](O)[C@@H]1O. The van der Waals surface area contributed by atoms with Crippen LogP contribution in [0.25, 0.3) is 0 Å². The molecule has 35 nitrogen and oxygen atoms in total. The molecule has 7 heterocycles. The highest BCUT2D eigenvalue weighted by atomic mass is 16.8. The second-order valence-electron chi connectivity index (χ2n) is 30.0. The van der Waals surface area contributed by atoms with Crippen LogP contribution in [0.15, 0.2) is 0 Å². The van der Waals surface area contributed by atoms with Gasteiger partial charge in [0, 0.05) is 12.3 Å². The van der Waals surface area contributed by atoms with Crippen LogP contribution in [0.4, 0.5) is 0 Å². The van der Waals surface area contributed by atoms with Gasteiger partial charge in [-0.3, -0.25) is 0 Å². The molecule has 568 valence electrons. The molecule has 7 saturated heterocycles. The van der Waals surface area contributed by atoms with Crippen molar-refractivity contribution in [3.8, 4) is 0 Å². The van der Waals surface area contributed by atoms with Crippen molar-refractivity contribution in [2.75, 3.05) is 46.2 Å². The number of ether oxygens (including phenoxy) is 13. The largest absolute Gasteiger partial charge is 0.394 e. The quantitative estimate of drug-likeness (QED) is 0.0448. The van der Waals surface area contributed by atoms with Crippen LogP contribution in [0.3, 0.4) is 0 Å². The first-order chi connectivity index (χ1) is 46.4. The number of hydrogen-bond donors (Lipinski definition) is 22. The van der Waals surface area contributed by atoms with Crippen LogP contribution < -0.4 is 0 Å². The summed E-state index contributed by atoms with van der Waals surface area (Å²) in [6.45, 7) is 3.11. The van der Waals surface area contributed by atoms with Crippen molar-refractivity contribution >= 4 is 0 Å². The minimum absolute atomic E-state index is 0.0238. The summed E-state index contributed by atoms with van der Waals surface area (Å²) in [5, 5.41) is 240. The van der Waals surface area contributed by atoms with Crippen LogP contribution in [0.2, 0.25) is 0 Å². The van der Waals surface area contributed by atoms with Gasteiger partial charge in [0.15, 0.2) is 43.5 Å². The van der Waals surface area contributed by atoms with E-state index < -0.39 is 242 Å². The Morgan fingerprint density at radius 1 is 0.408 bits per heavy atom. The fourth-order valence-electron chi connectivity index (χ4n) is 18.6. The Morgan fingerprint density at radius 3 is 1.41 bits per heavy atom. The van der Waals surface area contributed by atoms with Gasteiger partial charge in [0.05, 0.1) is 64.6 Å². The molecule has 11 rings (SSSR count). The predicted molar refractivity (Wildman–Crippen MR) is 318 cm³/mol. The molecule has 0 radical (unpaired) electrons. The number of fused-ring (bicyclic) bond motifs is 7. The van der Waals surface area contributed by atoms with E-state index in [0.29, 0.717) is 44.9 Å². The first-order valence-electron chi connectivity index (χ1n) is 34.5. The molecule has 7 aliphatic heterocycles. The molecule has 0 spiro atoms. The standard InChI is InChI=1S/C63H106O35/c1-21(20-86-55-46(80)42(76)37(71)30(14-64)88-55)5-10-63(85)22(2)36-29(98-63)13-26-24-12-28(70)27-11-23(6-8-61(27,3)25(24)7-9-62(26,36)4)87-56-49(83)45(79)51(35(19-69)93-56)94-60-54(53(41(75)34(18-68)92-60)96-58-48(82)44(78)39(73)32(16-66)90-58)97-59-50(84)52(40(74)33(17-67)91-59)95-57-47(81)43(77)38(72)31(15-65)89-57/h21-60,64-85H,5-20H2,1-4H3/t21-,22-,23+,24-,25-,26-,27-,28+,29-,30+,31+,32+,33+,34+,35+,36-,37+,38+,39+,40+,41+,42-,43-,44-,45+,46+,47+,48+,49+,50+,51+,52-,53-,54+,55+,56+,57-,58-,59-,60-,61-,62-,63-/m1/s1. The minimum Gasteiger partial charge on any atom is -0.394 e. The second-order valence-corrected chi connectivity index (χ2v) is 30.0. The van der Waals surface area contributed by atoms with E-state index in [4.69, 9.17) is 61.6 Å². The summed E-state index contributed by atoms with van der Waals surface area (Å²) in [6, 6.07) is 0. The molecule has 22 N–H and O–H groups in total. The fraction of sp³-hybridized carbons (Fsp3) is 1.00. The van der Waals surface area contributed by atoms with Crippen LogP contribution in [0, 0.1) is 52.3 Å². The van der Waals surface area contributed by atoms with Crippen LogP contribution >= 0.6 is 0 Å². The van der Waals surface area contributed by atoms with Crippen molar-refractivity contribution < 1.29 is 174 Å². The molecule has 4 aliphatic carbocycles. The zero-order valence-electron chi connectivity index (χ0n) is 55.1. The van der Waals surface area contributed by atoms with Crippen molar-refractivity contribution in [3.63, 3.8) is 0 Å². The van der Waals surface area contributed by atoms with E-state index in [1.807, 2.05) is 13.8 Å². The predicted octanol–water partition coefficient (Wildman–Crippen LogP) is -9.34. The number of rotatable bonds is 22. The van der Waals surface area contributed by atoms with Gasteiger partial charge in [0.25, 0.3) is 0 Å². The topological polar surface area (TPSA) is 565 Å². The maximum Gasteiger partial charge on any atom is 0.187 e. The summed E-state index contributed by atoms with van der Waals surface area (Å²) in [6.07, 6.45) is -52.3. The lowest BCUT2D eigenvalue weighted by molar-refractivity contribution is -0.411. The lowest BCUT2D eigenvalue weighted by Crippen LogP contribution is -2.69. The van der Waals surface area contributed by atoms with E-state index in [9.17, 15) is 112 Å². The maximum absolute atomic E-state index is 12.3. The lowest BCUT2D eigenvalue weighted by atomic mass is 9.43. The Hall–Kier alpha value is -1.40. The number of aliphatic hydroxyl groups excluding tert-OH is 21. The van der Waals surface area contributed by atoms with E-state index in [1.165, 1.54) is 0 Å². The Labute approximate surface area is 564 Å². The molecule has 35 heteroatoms. The fourth-order valence-corrected chi connectivity index (χ4v) is 18.6.